The van der Waals surface area contributed by atoms with Crippen molar-refractivity contribution in [2.75, 3.05) is 6.54 Å². The summed E-state index contributed by atoms with van der Waals surface area (Å²) in [5, 5.41) is 2.81. The number of benzene rings is 1. The lowest BCUT2D eigenvalue weighted by Gasteiger charge is -2.20. The van der Waals surface area contributed by atoms with Crippen molar-refractivity contribution in [1.82, 2.24) is 9.88 Å². The van der Waals surface area contributed by atoms with Gasteiger partial charge in [-0.25, -0.2) is 4.79 Å². The molecule has 0 aliphatic heterocycles. The van der Waals surface area contributed by atoms with Crippen LogP contribution in [0, 0.1) is 0 Å². The molecule has 5 nitrogen and oxygen atoms in total. The quantitative estimate of drug-likeness (QED) is 0.717. The predicted octanol–water partition coefficient (Wildman–Crippen LogP) is 4.98. The van der Waals surface area contributed by atoms with Crippen LogP contribution in [-0.2, 0) is 17.7 Å². The summed E-state index contributed by atoms with van der Waals surface area (Å²) in [6, 6.07) is 12.3. The number of hydrogen-bond acceptors (Lipinski definition) is 3. The van der Waals surface area contributed by atoms with Gasteiger partial charge in [-0.05, 0) is 58.1 Å². The monoisotopic (exact) mass is 382 g/mol. The van der Waals surface area contributed by atoms with Gasteiger partial charge in [-0.1, -0.05) is 30.3 Å². The number of ether oxygens (including phenoxy) is 1. The second kappa shape index (κ2) is 8.63. The fraction of sp³-hybridized carbons (Fsp3) is 0.478. The van der Waals surface area contributed by atoms with E-state index in [1.54, 1.807) is 0 Å². The summed E-state index contributed by atoms with van der Waals surface area (Å²) < 4.78 is 7.56. The lowest BCUT2D eigenvalue weighted by atomic mass is 9.96. The van der Waals surface area contributed by atoms with Crippen LogP contribution in [0.2, 0.25) is 0 Å². The maximum absolute atomic E-state index is 12.4. The lowest BCUT2D eigenvalue weighted by Crippen LogP contribution is -2.33. The van der Waals surface area contributed by atoms with Gasteiger partial charge < -0.3 is 14.6 Å². The number of amides is 1. The van der Waals surface area contributed by atoms with Crippen molar-refractivity contribution in [2.45, 2.75) is 65.0 Å². The van der Waals surface area contributed by atoms with E-state index in [1.807, 2.05) is 39.0 Å². The molecule has 1 aromatic heterocycles. The van der Waals surface area contributed by atoms with Gasteiger partial charge in [-0.3, -0.25) is 4.79 Å². The van der Waals surface area contributed by atoms with E-state index < -0.39 is 5.60 Å². The first-order valence-corrected chi connectivity index (χ1v) is 10.1. The maximum atomic E-state index is 12.4. The zero-order valence-electron chi connectivity index (χ0n) is 17.1. The molecule has 5 heteroatoms. The topological polar surface area (TPSA) is 60.3 Å². The minimum Gasteiger partial charge on any atom is -0.444 e. The minimum atomic E-state index is -0.481. The van der Waals surface area contributed by atoms with E-state index in [9.17, 15) is 9.59 Å². The highest BCUT2D eigenvalue weighted by molar-refractivity contribution is 5.99. The van der Waals surface area contributed by atoms with Crippen LogP contribution < -0.4 is 5.32 Å². The average Bonchev–Trinajstić information content (AvgIpc) is 3.01. The summed E-state index contributed by atoms with van der Waals surface area (Å²) >= 11 is 0. The van der Waals surface area contributed by atoms with Crippen molar-refractivity contribution in [2.24, 2.45) is 0 Å². The van der Waals surface area contributed by atoms with Crippen molar-refractivity contribution in [3.63, 3.8) is 0 Å². The average molecular weight is 383 g/mol. The van der Waals surface area contributed by atoms with Crippen molar-refractivity contribution in [3.8, 4) is 11.3 Å². The fourth-order valence-electron chi connectivity index (χ4n) is 3.65. The minimum absolute atomic E-state index is 0.253. The van der Waals surface area contributed by atoms with Crippen LogP contribution in [0.1, 0.15) is 62.5 Å². The zero-order valence-corrected chi connectivity index (χ0v) is 17.1. The van der Waals surface area contributed by atoms with Crippen molar-refractivity contribution >= 4 is 11.9 Å². The second-order valence-corrected chi connectivity index (χ2v) is 8.32. The zero-order chi connectivity index (χ0) is 20.1. The molecule has 0 atom stereocenters. The first-order valence-electron chi connectivity index (χ1n) is 10.1. The Morgan fingerprint density at radius 3 is 2.61 bits per heavy atom. The van der Waals surface area contributed by atoms with Crippen LogP contribution in [0.5, 0.6) is 0 Å². The Hall–Kier alpha value is -2.56. The van der Waals surface area contributed by atoms with E-state index in [-0.39, 0.29) is 11.9 Å². The van der Waals surface area contributed by atoms with E-state index in [1.165, 1.54) is 0 Å². The molecule has 1 N–H and O–H groups in total. The molecule has 0 bridgehead atoms. The van der Waals surface area contributed by atoms with Crippen LogP contribution in [-0.4, -0.2) is 28.6 Å². The fourth-order valence-corrected chi connectivity index (χ4v) is 3.65. The number of unbranched alkanes of at least 4 members (excludes halogenated alkanes) is 1. The summed E-state index contributed by atoms with van der Waals surface area (Å²) in [7, 11) is 0. The Bertz CT molecular complexity index is 832. The normalized spacial score (nSPS) is 13.9. The van der Waals surface area contributed by atoms with Gasteiger partial charge in [0.1, 0.15) is 5.60 Å². The Labute approximate surface area is 167 Å². The number of carbonyl (C=O) groups is 2. The Morgan fingerprint density at radius 1 is 1.14 bits per heavy atom. The van der Waals surface area contributed by atoms with Crippen LogP contribution in [0.15, 0.2) is 36.4 Å². The number of alkyl carbamates (subject to hydrolysis) is 1. The van der Waals surface area contributed by atoms with Crippen molar-refractivity contribution < 1.29 is 14.3 Å². The Balaban J connectivity index is 1.65. The second-order valence-electron chi connectivity index (χ2n) is 8.32. The number of aromatic nitrogens is 1. The molecule has 1 aliphatic carbocycles. The number of fused-ring (bicyclic) bond motifs is 1. The summed E-state index contributed by atoms with van der Waals surface area (Å²) in [5.74, 6) is 0.253. The van der Waals surface area contributed by atoms with E-state index in [0.29, 0.717) is 13.0 Å². The summed E-state index contributed by atoms with van der Waals surface area (Å²) in [5.41, 5.74) is 3.82. The van der Waals surface area contributed by atoms with Gasteiger partial charge in [-0.15, -0.1) is 0 Å². The van der Waals surface area contributed by atoms with Crippen LogP contribution in [0.4, 0.5) is 4.79 Å². The summed E-state index contributed by atoms with van der Waals surface area (Å²) in [6.45, 7) is 6.98. The highest BCUT2D eigenvalue weighted by Gasteiger charge is 2.24. The highest BCUT2D eigenvalue weighted by Crippen LogP contribution is 2.31. The molecule has 0 saturated heterocycles. The number of hydrogen-bond donors (Lipinski definition) is 1. The van der Waals surface area contributed by atoms with E-state index in [2.05, 4.69) is 28.1 Å². The highest BCUT2D eigenvalue weighted by atomic mass is 16.6. The number of nitrogens with zero attached hydrogens (tertiary/aromatic N) is 1. The molecule has 150 valence electrons. The van der Waals surface area contributed by atoms with Gasteiger partial charge in [0.25, 0.3) is 0 Å². The molecule has 1 amide bonds. The predicted molar refractivity (Wildman–Crippen MR) is 111 cm³/mol. The van der Waals surface area contributed by atoms with Gasteiger partial charge >= 0.3 is 6.09 Å². The van der Waals surface area contributed by atoms with Crippen LogP contribution in [0.3, 0.4) is 0 Å². The third kappa shape index (κ3) is 5.03. The molecule has 1 aromatic carbocycles. The number of nitrogens with one attached hydrogen (secondary N) is 1. The van der Waals surface area contributed by atoms with Crippen molar-refractivity contribution in [1.29, 1.82) is 0 Å². The molecule has 0 unspecified atom stereocenters. The van der Waals surface area contributed by atoms with Gasteiger partial charge in [0.05, 0.1) is 0 Å². The van der Waals surface area contributed by atoms with Gasteiger partial charge in [0.15, 0.2) is 5.78 Å². The summed E-state index contributed by atoms with van der Waals surface area (Å²) in [6.07, 6.45) is 3.92. The molecule has 2 aromatic rings. The molecule has 28 heavy (non-hydrogen) atoms. The number of Topliss-reactive ketones (excluding diaryl/α,β-unsaturated/α-hetero) is 1. The first kappa shape index (κ1) is 20.2. The molecule has 0 radical (unpaired) electrons. The molecule has 0 saturated carbocycles. The van der Waals surface area contributed by atoms with E-state index >= 15 is 0 Å². The molecule has 3 rings (SSSR count). The van der Waals surface area contributed by atoms with Gasteiger partial charge in [-0.2, -0.15) is 0 Å². The van der Waals surface area contributed by atoms with Crippen LogP contribution >= 0.6 is 0 Å². The molecule has 1 aliphatic rings. The Kier molecular flexibility index (Phi) is 6.22. The van der Waals surface area contributed by atoms with Gasteiger partial charge in [0, 0.05) is 36.5 Å². The van der Waals surface area contributed by atoms with Crippen molar-refractivity contribution in [3.05, 3.63) is 47.7 Å². The molecule has 0 fully saturated rings. The number of rotatable bonds is 6. The third-order valence-corrected chi connectivity index (χ3v) is 4.87. The standard InChI is InChI=1S/C23H30N2O3/c1-23(2,3)28-22(27)24-14-7-8-15-25-19-12-9-13-21(26)18(19)16-20(25)17-10-5-4-6-11-17/h4-6,10-11,16H,7-9,12-15H2,1-3H3,(H,24,27). The summed E-state index contributed by atoms with van der Waals surface area (Å²) in [4.78, 5) is 24.1. The smallest absolute Gasteiger partial charge is 0.407 e. The van der Waals surface area contributed by atoms with E-state index in [0.717, 1.165) is 54.7 Å². The Morgan fingerprint density at radius 2 is 1.89 bits per heavy atom. The van der Waals surface area contributed by atoms with Crippen LogP contribution in [0.25, 0.3) is 11.3 Å². The number of ketones is 1. The number of carbonyl (C=O) groups excluding carboxylic acids is 2. The SMILES string of the molecule is CC(C)(C)OC(=O)NCCCCn1c(-c2ccccc2)cc2c1CCCC2=O. The largest absolute Gasteiger partial charge is 0.444 e. The lowest BCUT2D eigenvalue weighted by molar-refractivity contribution is 0.0526. The van der Waals surface area contributed by atoms with E-state index in [4.69, 9.17) is 4.74 Å². The molecular formula is C23H30N2O3. The van der Waals surface area contributed by atoms with Gasteiger partial charge in [0.2, 0.25) is 0 Å². The first-order chi connectivity index (χ1) is 13.3. The molecule has 0 spiro atoms. The molecular weight excluding hydrogens is 352 g/mol. The maximum Gasteiger partial charge on any atom is 0.407 e. The molecule has 1 heterocycles. The third-order valence-electron chi connectivity index (χ3n) is 4.87.